The van der Waals surface area contributed by atoms with E-state index in [1.807, 2.05) is 43.9 Å². The van der Waals surface area contributed by atoms with E-state index in [0.717, 1.165) is 5.03 Å². The van der Waals surface area contributed by atoms with Gasteiger partial charge in [-0.15, -0.1) is 11.8 Å². The van der Waals surface area contributed by atoms with Crippen molar-refractivity contribution in [3.63, 3.8) is 0 Å². The van der Waals surface area contributed by atoms with Crippen LogP contribution in [0.1, 0.15) is 34.6 Å². The molecule has 1 aromatic heterocycles. The van der Waals surface area contributed by atoms with Crippen LogP contribution in [0.25, 0.3) is 0 Å². The Labute approximate surface area is 92.3 Å². The van der Waals surface area contributed by atoms with E-state index in [4.69, 9.17) is 0 Å². The third-order valence-corrected chi connectivity index (χ3v) is 3.28. The van der Waals surface area contributed by atoms with E-state index in [0.29, 0.717) is 11.2 Å². The van der Waals surface area contributed by atoms with Gasteiger partial charge in [-0.1, -0.05) is 40.7 Å². The predicted molar refractivity (Wildman–Crippen MR) is 65.7 cm³/mol. The monoisotopic (exact) mass is 211 g/mol. The lowest BCUT2D eigenvalue weighted by molar-refractivity contribution is 0.641. The van der Waals surface area contributed by atoms with Gasteiger partial charge in [0, 0.05) is 11.4 Å². The third kappa shape index (κ3) is 5.28. The molecule has 0 fully saturated rings. The number of pyridine rings is 1. The fourth-order valence-corrected chi connectivity index (χ4v) is 1.68. The highest BCUT2D eigenvalue weighted by Gasteiger charge is 2.08. The lowest BCUT2D eigenvalue weighted by Crippen LogP contribution is -2.05. The predicted octanol–water partition coefficient (Wildman–Crippen LogP) is 4.24. The summed E-state index contributed by atoms with van der Waals surface area (Å²) in [4.78, 5) is 4.26. The standard InChI is InChI=1S/C10H15NS.C2H6/c1-8(2)9(3)12-10-6-4-5-7-11-10;1-2/h4-9H,1-3H3;1-2H3. The van der Waals surface area contributed by atoms with Crippen LogP contribution in [0, 0.1) is 5.92 Å². The Morgan fingerprint density at radius 3 is 2.21 bits per heavy atom. The fraction of sp³-hybridized carbons (Fsp3) is 0.583. The van der Waals surface area contributed by atoms with E-state index in [1.165, 1.54) is 0 Å². The maximum Gasteiger partial charge on any atom is 0.0962 e. The number of rotatable bonds is 3. The summed E-state index contributed by atoms with van der Waals surface area (Å²) in [5.74, 6) is 0.706. The van der Waals surface area contributed by atoms with Crippen LogP contribution in [0.15, 0.2) is 29.4 Å². The number of nitrogens with zero attached hydrogens (tertiary/aromatic N) is 1. The van der Waals surface area contributed by atoms with Crippen molar-refractivity contribution in [3.05, 3.63) is 24.4 Å². The molecular formula is C12H21NS. The molecule has 0 saturated carbocycles. The van der Waals surface area contributed by atoms with Gasteiger partial charge in [0.05, 0.1) is 5.03 Å². The van der Waals surface area contributed by atoms with Crippen molar-refractivity contribution in [2.45, 2.75) is 44.9 Å². The van der Waals surface area contributed by atoms with Crippen LogP contribution < -0.4 is 0 Å². The van der Waals surface area contributed by atoms with Gasteiger partial charge < -0.3 is 0 Å². The molecule has 0 aromatic carbocycles. The van der Waals surface area contributed by atoms with Crippen LogP contribution in [0.4, 0.5) is 0 Å². The molecule has 0 aliphatic rings. The lowest BCUT2D eigenvalue weighted by Gasteiger charge is -2.13. The first-order valence-corrected chi connectivity index (χ1v) is 6.16. The first-order valence-electron chi connectivity index (χ1n) is 5.28. The second-order valence-electron chi connectivity index (χ2n) is 3.23. The highest BCUT2D eigenvalue weighted by atomic mass is 32.2. The molecule has 1 unspecified atom stereocenters. The van der Waals surface area contributed by atoms with Crippen molar-refractivity contribution in [3.8, 4) is 0 Å². The summed E-state index contributed by atoms with van der Waals surface area (Å²) in [7, 11) is 0. The number of thioether (sulfide) groups is 1. The van der Waals surface area contributed by atoms with E-state index in [-0.39, 0.29) is 0 Å². The molecule has 1 rings (SSSR count). The Hall–Kier alpha value is -0.500. The quantitative estimate of drug-likeness (QED) is 0.693. The average molecular weight is 211 g/mol. The van der Waals surface area contributed by atoms with Crippen LogP contribution in [-0.4, -0.2) is 10.2 Å². The Kier molecular flexibility index (Phi) is 7.58. The minimum absolute atomic E-state index is 0.639. The van der Waals surface area contributed by atoms with Gasteiger partial charge in [-0.3, -0.25) is 0 Å². The van der Waals surface area contributed by atoms with Gasteiger partial charge in [-0.2, -0.15) is 0 Å². The molecular weight excluding hydrogens is 190 g/mol. The molecule has 0 amide bonds. The van der Waals surface area contributed by atoms with Crippen LogP contribution >= 0.6 is 11.8 Å². The molecule has 1 nitrogen and oxygen atoms in total. The highest BCUT2D eigenvalue weighted by molar-refractivity contribution is 7.99. The smallest absolute Gasteiger partial charge is 0.0962 e. The largest absolute Gasteiger partial charge is 0.250 e. The van der Waals surface area contributed by atoms with Crippen LogP contribution in [0.5, 0.6) is 0 Å². The molecule has 0 N–H and O–H groups in total. The third-order valence-electron chi connectivity index (χ3n) is 1.88. The van der Waals surface area contributed by atoms with Gasteiger partial charge >= 0.3 is 0 Å². The normalized spacial score (nSPS) is 11.9. The Bertz CT molecular complexity index is 221. The van der Waals surface area contributed by atoms with E-state index < -0.39 is 0 Å². The number of hydrogen-bond acceptors (Lipinski definition) is 2. The molecule has 0 aliphatic heterocycles. The summed E-state index contributed by atoms with van der Waals surface area (Å²) in [6.07, 6.45) is 1.84. The van der Waals surface area contributed by atoms with Crippen molar-refractivity contribution < 1.29 is 0 Å². The summed E-state index contributed by atoms with van der Waals surface area (Å²) >= 11 is 1.84. The first-order chi connectivity index (χ1) is 6.70. The summed E-state index contributed by atoms with van der Waals surface area (Å²) in [5, 5.41) is 1.76. The lowest BCUT2D eigenvalue weighted by atomic mass is 10.2. The molecule has 0 bridgehead atoms. The number of aromatic nitrogens is 1. The molecule has 0 aliphatic carbocycles. The van der Waals surface area contributed by atoms with Gasteiger partial charge in [-0.05, 0) is 18.1 Å². The zero-order chi connectivity index (χ0) is 11.0. The minimum Gasteiger partial charge on any atom is -0.250 e. The van der Waals surface area contributed by atoms with Crippen molar-refractivity contribution in [1.82, 2.24) is 4.98 Å². The van der Waals surface area contributed by atoms with Gasteiger partial charge in [0.25, 0.3) is 0 Å². The summed E-state index contributed by atoms with van der Waals surface area (Å²) in [5.41, 5.74) is 0. The van der Waals surface area contributed by atoms with E-state index in [9.17, 15) is 0 Å². The Morgan fingerprint density at radius 1 is 1.14 bits per heavy atom. The molecule has 1 aromatic rings. The Morgan fingerprint density at radius 2 is 1.79 bits per heavy atom. The molecule has 0 saturated heterocycles. The van der Waals surface area contributed by atoms with Crippen molar-refractivity contribution in [1.29, 1.82) is 0 Å². The molecule has 0 radical (unpaired) electrons. The second kappa shape index (κ2) is 7.86. The van der Waals surface area contributed by atoms with Crippen LogP contribution in [-0.2, 0) is 0 Å². The molecule has 0 spiro atoms. The molecule has 2 heteroatoms. The van der Waals surface area contributed by atoms with Crippen molar-refractivity contribution in [2.75, 3.05) is 0 Å². The highest BCUT2D eigenvalue weighted by Crippen LogP contribution is 2.25. The topological polar surface area (TPSA) is 12.9 Å². The van der Waals surface area contributed by atoms with E-state index in [1.54, 1.807) is 0 Å². The maximum atomic E-state index is 4.26. The first kappa shape index (κ1) is 13.5. The maximum absolute atomic E-state index is 4.26. The summed E-state index contributed by atoms with van der Waals surface area (Å²) in [6, 6.07) is 6.04. The fourth-order valence-electron chi connectivity index (χ4n) is 0.743. The zero-order valence-electron chi connectivity index (χ0n) is 9.82. The molecule has 80 valence electrons. The summed E-state index contributed by atoms with van der Waals surface area (Å²) < 4.78 is 0. The number of hydrogen-bond donors (Lipinski definition) is 0. The molecule has 1 heterocycles. The van der Waals surface area contributed by atoms with E-state index >= 15 is 0 Å². The van der Waals surface area contributed by atoms with Gasteiger partial charge in [0.15, 0.2) is 0 Å². The van der Waals surface area contributed by atoms with Crippen LogP contribution in [0.3, 0.4) is 0 Å². The summed E-state index contributed by atoms with van der Waals surface area (Å²) in [6.45, 7) is 10.7. The van der Waals surface area contributed by atoms with Crippen LogP contribution in [0.2, 0.25) is 0 Å². The minimum atomic E-state index is 0.639. The molecule has 1 atom stereocenters. The van der Waals surface area contributed by atoms with Crippen molar-refractivity contribution in [2.24, 2.45) is 5.92 Å². The SMILES string of the molecule is CC.CC(C)C(C)Sc1ccccn1. The zero-order valence-corrected chi connectivity index (χ0v) is 10.6. The molecule has 14 heavy (non-hydrogen) atoms. The van der Waals surface area contributed by atoms with Gasteiger partial charge in [0.2, 0.25) is 0 Å². The Balaban J connectivity index is 0.000000791. The average Bonchev–Trinajstić information content (AvgIpc) is 2.22. The van der Waals surface area contributed by atoms with Gasteiger partial charge in [0.1, 0.15) is 0 Å². The van der Waals surface area contributed by atoms with Crippen molar-refractivity contribution >= 4 is 11.8 Å². The van der Waals surface area contributed by atoms with Gasteiger partial charge in [-0.25, -0.2) is 4.98 Å². The second-order valence-corrected chi connectivity index (χ2v) is 4.63. The van der Waals surface area contributed by atoms with E-state index in [2.05, 4.69) is 31.8 Å².